The summed E-state index contributed by atoms with van der Waals surface area (Å²) >= 11 is 0. The van der Waals surface area contributed by atoms with Crippen LogP contribution in [-0.2, 0) is 4.79 Å². The van der Waals surface area contributed by atoms with Crippen molar-refractivity contribution in [2.75, 3.05) is 26.2 Å². The average molecular weight is 394 g/mol. The summed E-state index contributed by atoms with van der Waals surface area (Å²) in [5.74, 6) is -0.381. The molecule has 152 valence electrons. The molecule has 3 aliphatic rings. The van der Waals surface area contributed by atoms with E-state index in [1.54, 1.807) is 34.1 Å². The zero-order valence-corrected chi connectivity index (χ0v) is 16.5. The second-order valence-corrected chi connectivity index (χ2v) is 8.06. The number of likely N-dealkylation sites (tertiary alicyclic amines) is 3. The summed E-state index contributed by atoms with van der Waals surface area (Å²) in [4.78, 5) is 44.0. The van der Waals surface area contributed by atoms with Gasteiger partial charge >= 0.3 is 0 Å². The molecule has 3 amide bonds. The molecule has 7 heteroatoms. The Morgan fingerprint density at radius 3 is 2.24 bits per heavy atom. The lowest BCUT2D eigenvalue weighted by molar-refractivity contribution is -0.135. The third-order valence-electron chi connectivity index (χ3n) is 6.23. The molecule has 0 aromatic heterocycles. The number of carbonyl (C=O) groups is 3. The molecule has 0 bridgehead atoms. The van der Waals surface area contributed by atoms with Crippen molar-refractivity contribution in [1.82, 2.24) is 14.7 Å². The number of nitriles is 1. The van der Waals surface area contributed by atoms with Gasteiger partial charge in [-0.3, -0.25) is 14.4 Å². The molecule has 0 radical (unpaired) electrons. The van der Waals surface area contributed by atoms with E-state index in [-0.39, 0.29) is 23.8 Å². The molecule has 0 unspecified atom stereocenters. The highest BCUT2D eigenvalue weighted by Gasteiger charge is 2.40. The number of rotatable bonds is 3. The molecule has 1 aromatic rings. The molecule has 3 heterocycles. The normalized spacial score (nSPS) is 24.0. The van der Waals surface area contributed by atoms with E-state index in [2.05, 4.69) is 6.07 Å². The highest BCUT2D eigenvalue weighted by atomic mass is 16.2. The molecule has 1 aromatic carbocycles. The fourth-order valence-electron chi connectivity index (χ4n) is 4.68. The molecular formula is C22H26N4O3. The molecule has 3 saturated heterocycles. The molecule has 0 aliphatic carbocycles. The van der Waals surface area contributed by atoms with Crippen LogP contribution in [-0.4, -0.2) is 70.7 Å². The maximum atomic E-state index is 13.2. The van der Waals surface area contributed by atoms with Crippen LogP contribution in [0.25, 0.3) is 0 Å². The predicted octanol–water partition coefficient (Wildman–Crippen LogP) is 2.04. The Morgan fingerprint density at radius 1 is 0.862 bits per heavy atom. The van der Waals surface area contributed by atoms with Gasteiger partial charge < -0.3 is 14.7 Å². The van der Waals surface area contributed by atoms with Crippen LogP contribution in [0.5, 0.6) is 0 Å². The van der Waals surface area contributed by atoms with Gasteiger partial charge in [-0.15, -0.1) is 0 Å². The standard InChI is InChI=1S/C22H26N4O3/c23-15-18-8-4-12-25(18)22(29)19-9-5-13-26(19)21(28)17-7-3-6-16(14-17)20(27)24-10-1-2-11-24/h3,6-7,14,18-19H,1-2,4-5,8-13H2/t18-,19-/m0/s1. The maximum absolute atomic E-state index is 13.2. The van der Waals surface area contributed by atoms with E-state index < -0.39 is 6.04 Å². The third kappa shape index (κ3) is 3.71. The molecule has 7 nitrogen and oxygen atoms in total. The topological polar surface area (TPSA) is 84.7 Å². The molecule has 2 atom stereocenters. The van der Waals surface area contributed by atoms with E-state index in [1.807, 2.05) is 4.90 Å². The van der Waals surface area contributed by atoms with Gasteiger partial charge in [0.05, 0.1) is 6.07 Å². The highest BCUT2D eigenvalue weighted by molar-refractivity contribution is 6.01. The first-order chi connectivity index (χ1) is 14.1. The second-order valence-electron chi connectivity index (χ2n) is 8.06. The smallest absolute Gasteiger partial charge is 0.254 e. The monoisotopic (exact) mass is 394 g/mol. The molecule has 4 rings (SSSR count). The number of hydrogen-bond acceptors (Lipinski definition) is 4. The van der Waals surface area contributed by atoms with E-state index in [0.29, 0.717) is 37.1 Å². The van der Waals surface area contributed by atoms with Crippen LogP contribution in [0.15, 0.2) is 24.3 Å². The van der Waals surface area contributed by atoms with E-state index >= 15 is 0 Å². The zero-order valence-electron chi connectivity index (χ0n) is 16.5. The minimum atomic E-state index is -0.519. The Balaban J connectivity index is 1.51. The Bertz CT molecular complexity index is 856. The highest BCUT2D eigenvalue weighted by Crippen LogP contribution is 2.26. The van der Waals surface area contributed by atoms with Crippen molar-refractivity contribution in [2.45, 2.75) is 50.6 Å². The number of carbonyl (C=O) groups excluding carboxylic acids is 3. The van der Waals surface area contributed by atoms with Gasteiger partial charge in [-0.25, -0.2) is 0 Å². The van der Waals surface area contributed by atoms with E-state index in [9.17, 15) is 19.6 Å². The van der Waals surface area contributed by atoms with Crippen LogP contribution in [0.2, 0.25) is 0 Å². The van der Waals surface area contributed by atoms with Gasteiger partial charge in [0.25, 0.3) is 11.8 Å². The van der Waals surface area contributed by atoms with Gasteiger partial charge in [-0.2, -0.15) is 5.26 Å². The molecular weight excluding hydrogens is 368 g/mol. The largest absolute Gasteiger partial charge is 0.339 e. The Morgan fingerprint density at radius 2 is 1.52 bits per heavy atom. The third-order valence-corrected chi connectivity index (χ3v) is 6.23. The first kappa shape index (κ1) is 19.4. The summed E-state index contributed by atoms with van der Waals surface area (Å²) in [7, 11) is 0. The lowest BCUT2D eigenvalue weighted by Crippen LogP contribution is -2.49. The second kappa shape index (κ2) is 8.24. The minimum absolute atomic E-state index is 0.0415. The molecule has 3 fully saturated rings. The summed E-state index contributed by atoms with van der Waals surface area (Å²) in [6, 6.07) is 8.12. The molecule has 3 aliphatic heterocycles. The van der Waals surface area contributed by atoms with E-state index in [1.165, 1.54) is 0 Å². The van der Waals surface area contributed by atoms with E-state index in [4.69, 9.17) is 0 Å². The van der Waals surface area contributed by atoms with Gasteiger partial charge in [0.15, 0.2) is 0 Å². The van der Waals surface area contributed by atoms with Gasteiger partial charge in [-0.1, -0.05) is 6.07 Å². The maximum Gasteiger partial charge on any atom is 0.254 e. The first-order valence-electron chi connectivity index (χ1n) is 10.5. The summed E-state index contributed by atoms with van der Waals surface area (Å²) in [5, 5.41) is 9.29. The summed E-state index contributed by atoms with van der Waals surface area (Å²) in [6.45, 7) is 2.62. The predicted molar refractivity (Wildman–Crippen MR) is 106 cm³/mol. The van der Waals surface area contributed by atoms with Crippen LogP contribution < -0.4 is 0 Å². The Kier molecular flexibility index (Phi) is 5.52. The van der Waals surface area contributed by atoms with Crippen molar-refractivity contribution in [3.8, 4) is 6.07 Å². The van der Waals surface area contributed by atoms with Gasteiger partial charge in [0, 0.05) is 37.3 Å². The van der Waals surface area contributed by atoms with Crippen molar-refractivity contribution in [1.29, 1.82) is 5.26 Å². The fourth-order valence-corrected chi connectivity index (χ4v) is 4.68. The van der Waals surface area contributed by atoms with Crippen molar-refractivity contribution >= 4 is 17.7 Å². The Labute approximate surface area is 170 Å². The van der Waals surface area contributed by atoms with Crippen molar-refractivity contribution in [3.63, 3.8) is 0 Å². The Hall–Kier alpha value is -2.88. The van der Waals surface area contributed by atoms with Gasteiger partial charge in [-0.05, 0) is 56.7 Å². The number of nitrogens with zero attached hydrogens (tertiary/aromatic N) is 4. The number of amides is 3. The first-order valence-corrected chi connectivity index (χ1v) is 10.5. The van der Waals surface area contributed by atoms with E-state index in [0.717, 1.165) is 38.8 Å². The summed E-state index contributed by atoms with van der Waals surface area (Å²) < 4.78 is 0. The minimum Gasteiger partial charge on any atom is -0.339 e. The quantitative estimate of drug-likeness (QED) is 0.785. The van der Waals surface area contributed by atoms with Gasteiger partial charge in [0.2, 0.25) is 5.91 Å². The molecule has 0 saturated carbocycles. The molecule has 0 spiro atoms. The van der Waals surface area contributed by atoms with Gasteiger partial charge in [0.1, 0.15) is 12.1 Å². The van der Waals surface area contributed by atoms with Crippen molar-refractivity contribution in [2.24, 2.45) is 0 Å². The van der Waals surface area contributed by atoms with Crippen LogP contribution in [0.4, 0.5) is 0 Å². The molecule has 0 N–H and O–H groups in total. The zero-order chi connectivity index (χ0) is 20.4. The number of hydrogen-bond donors (Lipinski definition) is 0. The van der Waals surface area contributed by atoms with Crippen LogP contribution in [0.1, 0.15) is 59.2 Å². The van der Waals surface area contributed by atoms with Crippen molar-refractivity contribution < 1.29 is 14.4 Å². The van der Waals surface area contributed by atoms with Crippen molar-refractivity contribution in [3.05, 3.63) is 35.4 Å². The summed E-state index contributed by atoms with van der Waals surface area (Å²) in [5.41, 5.74) is 0.955. The summed E-state index contributed by atoms with van der Waals surface area (Å²) in [6.07, 6.45) is 4.93. The lowest BCUT2D eigenvalue weighted by Gasteiger charge is -2.29. The van der Waals surface area contributed by atoms with Crippen LogP contribution >= 0.6 is 0 Å². The SMILES string of the molecule is N#C[C@@H]1CCCN1C(=O)[C@@H]1CCCN1C(=O)c1cccc(C(=O)N2CCCC2)c1. The number of benzene rings is 1. The fraction of sp³-hybridized carbons (Fsp3) is 0.545. The average Bonchev–Trinajstić information content (AvgIpc) is 3.52. The lowest BCUT2D eigenvalue weighted by atomic mass is 10.1. The van der Waals surface area contributed by atoms with Crippen LogP contribution in [0, 0.1) is 11.3 Å². The van der Waals surface area contributed by atoms with Crippen LogP contribution in [0.3, 0.4) is 0 Å². The molecule has 29 heavy (non-hydrogen) atoms.